The summed E-state index contributed by atoms with van der Waals surface area (Å²) in [4.78, 5) is 14.2. The van der Waals surface area contributed by atoms with E-state index >= 15 is 0 Å². The molecule has 1 fully saturated rings. The fourth-order valence-corrected chi connectivity index (χ4v) is 3.17. The number of amides is 1. The maximum absolute atomic E-state index is 12.4. The normalized spacial score (nSPS) is 17.0. The van der Waals surface area contributed by atoms with Crippen LogP contribution in [0.1, 0.15) is 24.8 Å². The van der Waals surface area contributed by atoms with Crippen LogP contribution < -0.4 is 15.2 Å². The average molecular weight is 354 g/mol. The second kappa shape index (κ2) is 9.25. The Kier molecular flexibility index (Phi) is 6.50. The molecule has 138 valence electrons. The van der Waals surface area contributed by atoms with E-state index in [4.69, 9.17) is 15.2 Å². The molecule has 0 bridgehead atoms. The van der Waals surface area contributed by atoms with E-state index in [1.54, 1.807) is 0 Å². The monoisotopic (exact) mass is 354 g/mol. The molecule has 1 atom stereocenters. The molecular formula is C21H26N2O3. The number of carbonyl (C=O) groups excluding carboxylic acids is 1. The van der Waals surface area contributed by atoms with E-state index < -0.39 is 0 Å². The quantitative estimate of drug-likeness (QED) is 0.830. The van der Waals surface area contributed by atoms with Gasteiger partial charge in [-0.3, -0.25) is 4.79 Å². The lowest BCUT2D eigenvalue weighted by molar-refractivity contribution is -0.136. The van der Waals surface area contributed by atoms with Gasteiger partial charge >= 0.3 is 0 Å². The van der Waals surface area contributed by atoms with Gasteiger partial charge in [-0.15, -0.1) is 0 Å². The number of nitrogens with two attached hydrogens (primary N) is 1. The number of carbonyl (C=O) groups is 1. The Bertz CT molecular complexity index is 688. The van der Waals surface area contributed by atoms with Crippen molar-refractivity contribution in [1.82, 2.24) is 4.90 Å². The Morgan fingerprint density at radius 1 is 1.00 bits per heavy atom. The van der Waals surface area contributed by atoms with Crippen molar-refractivity contribution in [3.05, 3.63) is 60.2 Å². The highest BCUT2D eigenvalue weighted by Crippen LogP contribution is 2.20. The first-order valence-electron chi connectivity index (χ1n) is 9.15. The van der Waals surface area contributed by atoms with Crippen LogP contribution in [0.25, 0.3) is 0 Å². The number of likely N-dealkylation sites (tertiary alicyclic amines) is 1. The minimum atomic E-state index is 0.00422. The first-order chi connectivity index (χ1) is 12.8. The lowest BCUT2D eigenvalue weighted by atomic mass is 10.0. The van der Waals surface area contributed by atoms with E-state index in [0.717, 1.165) is 37.1 Å². The highest BCUT2D eigenvalue weighted by molar-refractivity contribution is 5.78. The smallest absolute Gasteiger partial charge is 0.260 e. The first-order valence-corrected chi connectivity index (χ1v) is 9.15. The molecule has 1 heterocycles. The molecule has 1 unspecified atom stereocenters. The molecular weight excluding hydrogens is 328 g/mol. The lowest BCUT2D eigenvalue weighted by Crippen LogP contribution is -2.49. The number of rotatable bonds is 7. The molecule has 2 N–H and O–H groups in total. The van der Waals surface area contributed by atoms with Gasteiger partial charge in [0.15, 0.2) is 6.61 Å². The van der Waals surface area contributed by atoms with Crippen LogP contribution in [0.2, 0.25) is 0 Å². The third-order valence-electron chi connectivity index (χ3n) is 4.65. The van der Waals surface area contributed by atoms with Gasteiger partial charge in [0.05, 0.1) is 0 Å². The van der Waals surface area contributed by atoms with Crippen LogP contribution in [0.15, 0.2) is 54.6 Å². The maximum atomic E-state index is 12.4. The van der Waals surface area contributed by atoms with E-state index in [1.807, 2.05) is 59.5 Å². The van der Waals surface area contributed by atoms with Crippen molar-refractivity contribution in [3.63, 3.8) is 0 Å². The summed E-state index contributed by atoms with van der Waals surface area (Å²) < 4.78 is 11.4. The molecule has 0 saturated carbocycles. The van der Waals surface area contributed by atoms with Gasteiger partial charge in [0.2, 0.25) is 0 Å². The van der Waals surface area contributed by atoms with E-state index in [0.29, 0.717) is 18.9 Å². The summed E-state index contributed by atoms with van der Waals surface area (Å²) in [5, 5.41) is 0. The molecule has 3 rings (SSSR count). The average Bonchev–Trinajstić information content (AvgIpc) is 2.72. The second-order valence-electron chi connectivity index (χ2n) is 6.51. The highest BCUT2D eigenvalue weighted by atomic mass is 16.5. The SMILES string of the molecule is NCC1CCCCN1C(=O)COc1ccc(OCc2ccccc2)cc1. The Labute approximate surface area is 154 Å². The van der Waals surface area contributed by atoms with E-state index in [-0.39, 0.29) is 18.6 Å². The number of ether oxygens (including phenoxy) is 2. The van der Waals surface area contributed by atoms with Crippen LogP contribution in [-0.4, -0.2) is 36.5 Å². The summed E-state index contributed by atoms with van der Waals surface area (Å²) in [5.74, 6) is 1.43. The molecule has 0 radical (unpaired) electrons. The highest BCUT2D eigenvalue weighted by Gasteiger charge is 2.25. The van der Waals surface area contributed by atoms with Crippen molar-refractivity contribution in [2.45, 2.75) is 31.9 Å². The van der Waals surface area contributed by atoms with Crippen LogP contribution in [0, 0.1) is 0 Å². The summed E-state index contributed by atoms with van der Waals surface area (Å²) in [7, 11) is 0. The largest absolute Gasteiger partial charge is 0.489 e. The number of benzene rings is 2. The van der Waals surface area contributed by atoms with E-state index in [2.05, 4.69) is 0 Å². The van der Waals surface area contributed by atoms with Crippen LogP contribution >= 0.6 is 0 Å². The maximum Gasteiger partial charge on any atom is 0.260 e. The molecule has 5 nitrogen and oxygen atoms in total. The summed E-state index contributed by atoms with van der Waals surface area (Å²) in [6, 6.07) is 17.5. The van der Waals surface area contributed by atoms with Crippen molar-refractivity contribution in [3.8, 4) is 11.5 Å². The van der Waals surface area contributed by atoms with Crippen molar-refractivity contribution < 1.29 is 14.3 Å². The van der Waals surface area contributed by atoms with Gasteiger partial charge in [0, 0.05) is 19.1 Å². The Hall–Kier alpha value is -2.53. The summed E-state index contributed by atoms with van der Waals surface area (Å²) in [6.45, 7) is 1.85. The molecule has 2 aromatic rings. The minimum absolute atomic E-state index is 0.00422. The molecule has 1 aliphatic rings. The molecule has 0 spiro atoms. The summed E-state index contributed by atoms with van der Waals surface area (Å²) in [6.07, 6.45) is 3.16. The fraction of sp³-hybridized carbons (Fsp3) is 0.381. The number of piperidine rings is 1. The number of nitrogens with zero attached hydrogens (tertiary/aromatic N) is 1. The Morgan fingerprint density at radius 2 is 1.69 bits per heavy atom. The van der Waals surface area contributed by atoms with Crippen molar-refractivity contribution in [2.75, 3.05) is 19.7 Å². The number of hydrogen-bond donors (Lipinski definition) is 1. The van der Waals surface area contributed by atoms with Gasteiger partial charge < -0.3 is 20.1 Å². The van der Waals surface area contributed by atoms with Crippen molar-refractivity contribution >= 4 is 5.91 Å². The molecule has 2 aromatic carbocycles. The van der Waals surface area contributed by atoms with Crippen LogP contribution in [-0.2, 0) is 11.4 Å². The Morgan fingerprint density at radius 3 is 2.38 bits per heavy atom. The summed E-state index contributed by atoms with van der Waals surface area (Å²) in [5.41, 5.74) is 6.90. The van der Waals surface area contributed by atoms with Gasteiger partial charge in [0.25, 0.3) is 5.91 Å². The molecule has 0 aliphatic carbocycles. The fourth-order valence-electron chi connectivity index (χ4n) is 3.17. The molecule has 1 aliphatic heterocycles. The van der Waals surface area contributed by atoms with Crippen molar-refractivity contribution in [1.29, 1.82) is 0 Å². The van der Waals surface area contributed by atoms with Gasteiger partial charge in [-0.2, -0.15) is 0 Å². The molecule has 5 heteroatoms. The zero-order valence-electron chi connectivity index (χ0n) is 15.0. The topological polar surface area (TPSA) is 64.8 Å². The summed E-state index contributed by atoms with van der Waals surface area (Å²) >= 11 is 0. The predicted octanol–water partition coefficient (Wildman–Crippen LogP) is 2.98. The zero-order valence-corrected chi connectivity index (χ0v) is 15.0. The molecule has 0 aromatic heterocycles. The lowest BCUT2D eigenvalue weighted by Gasteiger charge is -2.34. The zero-order chi connectivity index (χ0) is 18.2. The number of hydrogen-bond acceptors (Lipinski definition) is 4. The van der Waals surface area contributed by atoms with Gasteiger partial charge in [0.1, 0.15) is 18.1 Å². The van der Waals surface area contributed by atoms with Crippen LogP contribution in [0.3, 0.4) is 0 Å². The Balaban J connectivity index is 1.47. The minimum Gasteiger partial charge on any atom is -0.489 e. The van der Waals surface area contributed by atoms with Crippen molar-refractivity contribution in [2.24, 2.45) is 5.73 Å². The van der Waals surface area contributed by atoms with Crippen LogP contribution in [0.4, 0.5) is 0 Å². The van der Waals surface area contributed by atoms with Gasteiger partial charge in [-0.05, 0) is 49.1 Å². The third-order valence-corrected chi connectivity index (χ3v) is 4.65. The molecule has 26 heavy (non-hydrogen) atoms. The predicted molar refractivity (Wildman–Crippen MR) is 101 cm³/mol. The standard InChI is InChI=1S/C21H26N2O3/c22-14-18-8-4-5-13-23(18)21(24)16-26-20-11-9-19(10-12-20)25-15-17-6-2-1-3-7-17/h1-3,6-7,9-12,18H,4-5,8,13-16,22H2. The van der Waals surface area contributed by atoms with E-state index in [9.17, 15) is 4.79 Å². The third kappa shape index (κ3) is 4.99. The first kappa shape index (κ1) is 18.3. The van der Waals surface area contributed by atoms with Gasteiger partial charge in [-0.1, -0.05) is 30.3 Å². The molecule has 1 amide bonds. The van der Waals surface area contributed by atoms with Crippen LogP contribution in [0.5, 0.6) is 11.5 Å². The van der Waals surface area contributed by atoms with E-state index in [1.165, 1.54) is 0 Å². The second-order valence-corrected chi connectivity index (χ2v) is 6.51. The van der Waals surface area contributed by atoms with Gasteiger partial charge in [-0.25, -0.2) is 0 Å². The molecule has 1 saturated heterocycles.